The maximum atomic E-state index is 11.9. The summed E-state index contributed by atoms with van der Waals surface area (Å²) in [5.41, 5.74) is 2.96. The number of hydrogen-bond donors (Lipinski definition) is 0. The van der Waals surface area contributed by atoms with E-state index in [4.69, 9.17) is 4.74 Å². The van der Waals surface area contributed by atoms with Gasteiger partial charge in [0.1, 0.15) is 11.2 Å². The molecule has 0 N–H and O–H groups in total. The van der Waals surface area contributed by atoms with Crippen LogP contribution in [-0.2, 0) is 16.0 Å². The van der Waals surface area contributed by atoms with Gasteiger partial charge < -0.3 is 9.53 Å². The summed E-state index contributed by atoms with van der Waals surface area (Å²) in [4.78, 5) is 24.2. The first-order valence-corrected chi connectivity index (χ1v) is 7.27. The van der Waals surface area contributed by atoms with E-state index in [1.54, 1.807) is 6.92 Å². The molecule has 0 atom stereocenters. The normalized spacial score (nSPS) is 10.3. The summed E-state index contributed by atoms with van der Waals surface area (Å²) in [6, 6.07) is 9.98. The number of esters is 1. The first-order chi connectivity index (χ1) is 9.65. The lowest BCUT2D eigenvalue weighted by atomic mass is 10.1. The maximum Gasteiger partial charge on any atom is 0.348 e. The van der Waals surface area contributed by atoms with Crippen LogP contribution >= 0.6 is 11.3 Å². The molecule has 0 aliphatic heterocycles. The molecule has 2 rings (SSSR count). The molecule has 104 valence electrons. The van der Waals surface area contributed by atoms with E-state index in [-0.39, 0.29) is 12.4 Å². The molecule has 0 aliphatic rings. The Labute approximate surface area is 122 Å². The zero-order valence-electron chi connectivity index (χ0n) is 11.5. The summed E-state index contributed by atoms with van der Waals surface area (Å²) in [5.74, 6) is -0.354. The van der Waals surface area contributed by atoms with Gasteiger partial charge in [0.2, 0.25) is 0 Å². The minimum absolute atomic E-state index is 0.233. The van der Waals surface area contributed by atoms with Crippen molar-refractivity contribution in [2.24, 2.45) is 0 Å². The van der Waals surface area contributed by atoms with E-state index in [1.807, 2.05) is 37.3 Å². The van der Waals surface area contributed by atoms with Crippen molar-refractivity contribution in [1.82, 2.24) is 0 Å². The quantitative estimate of drug-likeness (QED) is 0.623. The standard InChI is InChI=1S/C16H16O3S/c1-3-19-16(18)15-13(8-9-17)10-14(20-15)12-6-4-11(2)5-7-12/h4-7,9-10H,3,8H2,1-2H3. The highest BCUT2D eigenvalue weighted by Gasteiger charge is 2.17. The van der Waals surface area contributed by atoms with E-state index < -0.39 is 0 Å². The van der Waals surface area contributed by atoms with E-state index in [0.717, 1.165) is 22.3 Å². The molecule has 1 aromatic heterocycles. The van der Waals surface area contributed by atoms with Crippen molar-refractivity contribution in [1.29, 1.82) is 0 Å². The van der Waals surface area contributed by atoms with E-state index in [1.165, 1.54) is 16.9 Å². The van der Waals surface area contributed by atoms with Crippen LogP contribution in [0.1, 0.15) is 27.7 Å². The minimum Gasteiger partial charge on any atom is -0.462 e. The van der Waals surface area contributed by atoms with Gasteiger partial charge in [0.05, 0.1) is 6.61 Å². The van der Waals surface area contributed by atoms with Crippen molar-refractivity contribution < 1.29 is 14.3 Å². The molecule has 2 aromatic rings. The number of aldehydes is 1. The number of benzene rings is 1. The first-order valence-electron chi connectivity index (χ1n) is 6.46. The first kappa shape index (κ1) is 14.5. The molecule has 0 radical (unpaired) electrons. The average molecular weight is 288 g/mol. The van der Waals surface area contributed by atoms with Gasteiger partial charge in [0.15, 0.2) is 0 Å². The molecular formula is C16H16O3S. The Hall–Kier alpha value is -1.94. The number of carbonyl (C=O) groups excluding carboxylic acids is 2. The van der Waals surface area contributed by atoms with E-state index >= 15 is 0 Å². The predicted octanol–water partition coefficient (Wildman–Crippen LogP) is 3.64. The third kappa shape index (κ3) is 3.14. The van der Waals surface area contributed by atoms with Crippen LogP contribution in [0.5, 0.6) is 0 Å². The van der Waals surface area contributed by atoms with Gasteiger partial charge in [-0.15, -0.1) is 11.3 Å². The fraction of sp³-hybridized carbons (Fsp3) is 0.250. The summed E-state index contributed by atoms with van der Waals surface area (Å²) in [6.07, 6.45) is 1.04. The van der Waals surface area contributed by atoms with E-state index in [0.29, 0.717) is 11.5 Å². The van der Waals surface area contributed by atoms with Crippen LogP contribution in [0.4, 0.5) is 0 Å². The fourth-order valence-corrected chi connectivity index (χ4v) is 2.99. The molecular weight excluding hydrogens is 272 g/mol. The lowest BCUT2D eigenvalue weighted by molar-refractivity contribution is -0.107. The van der Waals surface area contributed by atoms with Crippen molar-refractivity contribution in [2.45, 2.75) is 20.3 Å². The van der Waals surface area contributed by atoms with Gasteiger partial charge >= 0.3 is 5.97 Å². The van der Waals surface area contributed by atoms with Gasteiger partial charge in [-0.2, -0.15) is 0 Å². The smallest absolute Gasteiger partial charge is 0.348 e. The Morgan fingerprint density at radius 3 is 2.60 bits per heavy atom. The lowest BCUT2D eigenvalue weighted by Crippen LogP contribution is -2.05. The van der Waals surface area contributed by atoms with Crippen LogP contribution in [-0.4, -0.2) is 18.9 Å². The number of hydrogen-bond acceptors (Lipinski definition) is 4. The van der Waals surface area contributed by atoms with E-state index in [2.05, 4.69) is 0 Å². The van der Waals surface area contributed by atoms with Crippen molar-refractivity contribution in [3.8, 4) is 10.4 Å². The number of rotatable bonds is 5. The van der Waals surface area contributed by atoms with Crippen LogP contribution in [0.3, 0.4) is 0 Å². The lowest BCUT2D eigenvalue weighted by Gasteiger charge is -2.00. The zero-order valence-corrected chi connectivity index (χ0v) is 12.3. The van der Waals surface area contributed by atoms with Gasteiger partial charge in [0.25, 0.3) is 0 Å². The molecule has 3 nitrogen and oxygen atoms in total. The van der Waals surface area contributed by atoms with Crippen molar-refractivity contribution in [3.63, 3.8) is 0 Å². The van der Waals surface area contributed by atoms with Gasteiger partial charge in [0, 0.05) is 11.3 Å². The van der Waals surface area contributed by atoms with Gasteiger partial charge in [-0.1, -0.05) is 29.8 Å². The fourth-order valence-electron chi connectivity index (χ4n) is 1.90. The van der Waals surface area contributed by atoms with Crippen LogP contribution < -0.4 is 0 Å². The highest BCUT2D eigenvalue weighted by atomic mass is 32.1. The van der Waals surface area contributed by atoms with E-state index in [9.17, 15) is 9.59 Å². The van der Waals surface area contributed by atoms with Crippen molar-refractivity contribution in [2.75, 3.05) is 6.61 Å². The molecule has 0 unspecified atom stereocenters. The molecule has 0 amide bonds. The van der Waals surface area contributed by atoms with Gasteiger partial charge in [-0.25, -0.2) is 4.79 Å². The third-order valence-electron chi connectivity index (χ3n) is 2.91. The van der Waals surface area contributed by atoms with Crippen molar-refractivity contribution >= 4 is 23.6 Å². The molecule has 0 saturated carbocycles. The van der Waals surface area contributed by atoms with Crippen molar-refractivity contribution in [3.05, 3.63) is 46.3 Å². The largest absolute Gasteiger partial charge is 0.462 e. The number of ether oxygens (including phenoxy) is 1. The molecule has 0 saturated heterocycles. The number of aryl methyl sites for hydroxylation is 1. The van der Waals surface area contributed by atoms with Crippen LogP contribution in [0.2, 0.25) is 0 Å². The maximum absolute atomic E-state index is 11.9. The highest BCUT2D eigenvalue weighted by molar-refractivity contribution is 7.17. The summed E-state index contributed by atoms with van der Waals surface area (Å²) in [5, 5.41) is 0. The number of thiophene rings is 1. The SMILES string of the molecule is CCOC(=O)c1sc(-c2ccc(C)cc2)cc1CC=O. The molecule has 0 bridgehead atoms. The Morgan fingerprint density at radius 1 is 1.30 bits per heavy atom. The van der Waals surface area contributed by atoms with Crippen LogP contribution in [0.25, 0.3) is 10.4 Å². The summed E-state index contributed by atoms with van der Waals surface area (Å²) < 4.78 is 5.04. The van der Waals surface area contributed by atoms with Gasteiger partial charge in [-0.3, -0.25) is 0 Å². The Bertz CT molecular complexity index is 611. The molecule has 1 heterocycles. The molecule has 0 spiro atoms. The Morgan fingerprint density at radius 2 is 2.00 bits per heavy atom. The summed E-state index contributed by atoms with van der Waals surface area (Å²) in [7, 11) is 0. The van der Waals surface area contributed by atoms with Crippen LogP contribution in [0.15, 0.2) is 30.3 Å². The molecule has 1 aromatic carbocycles. The zero-order chi connectivity index (χ0) is 14.5. The number of carbonyl (C=O) groups is 2. The minimum atomic E-state index is -0.354. The summed E-state index contributed by atoms with van der Waals surface area (Å²) in [6.45, 7) is 4.13. The monoisotopic (exact) mass is 288 g/mol. The molecule has 4 heteroatoms. The Kier molecular flexibility index (Phi) is 4.69. The second-order valence-electron chi connectivity index (χ2n) is 4.42. The summed E-state index contributed by atoms with van der Waals surface area (Å²) >= 11 is 1.37. The third-order valence-corrected chi connectivity index (χ3v) is 4.12. The molecule has 0 aliphatic carbocycles. The molecule has 0 fully saturated rings. The highest BCUT2D eigenvalue weighted by Crippen LogP contribution is 2.32. The second-order valence-corrected chi connectivity index (χ2v) is 5.47. The van der Waals surface area contributed by atoms with Crippen LogP contribution in [0, 0.1) is 6.92 Å². The predicted molar refractivity (Wildman–Crippen MR) is 80.2 cm³/mol. The second kappa shape index (κ2) is 6.48. The molecule has 20 heavy (non-hydrogen) atoms. The topological polar surface area (TPSA) is 43.4 Å². The average Bonchev–Trinajstić information content (AvgIpc) is 2.84. The van der Waals surface area contributed by atoms with Gasteiger partial charge in [-0.05, 0) is 31.0 Å². The Balaban J connectivity index is 2.40.